The lowest BCUT2D eigenvalue weighted by Gasteiger charge is -2.41. The van der Waals surface area contributed by atoms with Crippen molar-refractivity contribution < 1.29 is 59.0 Å². The quantitative estimate of drug-likeness (QED) is 0.0218. The molecule has 0 aromatic carbocycles. The number of nitrogens with one attached hydrogen (secondary N) is 1. The highest BCUT2D eigenvalue weighted by atomic mass is 31.2. The normalized spacial score (nSPS) is 24.8. The van der Waals surface area contributed by atoms with Gasteiger partial charge in [-0.15, -0.1) is 0 Å². The van der Waals surface area contributed by atoms with Crippen molar-refractivity contribution in [1.82, 2.24) is 5.32 Å². The summed E-state index contributed by atoms with van der Waals surface area (Å²) in [5.74, 6) is -0.622. The van der Waals surface area contributed by atoms with Gasteiger partial charge in [0.15, 0.2) is 0 Å². The first kappa shape index (κ1) is 51.5. The Morgan fingerprint density at radius 2 is 1.07 bits per heavy atom. The summed E-state index contributed by atoms with van der Waals surface area (Å²) in [5, 5.41) is 74.1. The minimum absolute atomic E-state index is 0.274. The van der Waals surface area contributed by atoms with E-state index in [1.165, 1.54) is 83.1 Å². The van der Waals surface area contributed by atoms with Crippen molar-refractivity contribution in [3.8, 4) is 0 Å². The maximum absolute atomic E-state index is 12.9. The zero-order chi connectivity index (χ0) is 40.9. The third kappa shape index (κ3) is 24.1. The summed E-state index contributed by atoms with van der Waals surface area (Å²) in [6.07, 6.45) is 19.7. The van der Waals surface area contributed by atoms with Gasteiger partial charge in [-0.05, 0) is 57.8 Å². The SMILES string of the molecule is CCCCCCCC/C=C\CCCC(O)CC(=O)NC(COP(=O)(O)OC1C(O)C(O)C(O)C(O)C1O)C(O)/C=C/CC/C=C/CCCCCCCCCC. The molecule has 1 amide bonds. The van der Waals surface area contributed by atoms with Crippen molar-refractivity contribution in [3.05, 3.63) is 36.5 Å². The second-order valence-corrected chi connectivity index (χ2v) is 16.4. The number of carbonyl (C=O) groups is 1. The minimum Gasteiger partial charge on any atom is -0.393 e. The van der Waals surface area contributed by atoms with Crippen molar-refractivity contribution >= 4 is 13.7 Å². The molecule has 9 N–H and O–H groups in total. The molecule has 13 nitrogen and oxygen atoms in total. The van der Waals surface area contributed by atoms with Crippen LogP contribution in [0.1, 0.15) is 155 Å². The van der Waals surface area contributed by atoms with Crippen LogP contribution in [-0.2, 0) is 18.4 Å². The zero-order valence-electron chi connectivity index (χ0n) is 33.6. The summed E-state index contributed by atoms with van der Waals surface area (Å²) in [6, 6.07) is -1.26. The first-order chi connectivity index (χ1) is 26.3. The third-order valence-corrected chi connectivity index (χ3v) is 10.9. The Morgan fingerprint density at radius 3 is 1.60 bits per heavy atom. The van der Waals surface area contributed by atoms with E-state index in [1.807, 2.05) is 0 Å². The van der Waals surface area contributed by atoms with E-state index in [-0.39, 0.29) is 6.42 Å². The maximum Gasteiger partial charge on any atom is 0.472 e. The van der Waals surface area contributed by atoms with Gasteiger partial charge in [-0.25, -0.2) is 4.57 Å². The molecule has 55 heavy (non-hydrogen) atoms. The molecule has 14 heteroatoms. The largest absolute Gasteiger partial charge is 0.472 e. The van der Waals surface area contributed by atoms with E-state index < -0.39 is 75.2 Å². The van der Waals surface area contributed by atoms with Crippen molar-refractivity contribution in [3.63, 3.8) is 0 Å². The fourth-order valence-electron chi connectivity index (χ4n) is 6.43. The molecule has 1 fully saturated rings. The topological polar surface area (TPSA) is 226 Å². The van der Waals surface area contributed by atoms with Gasteiger partial charge in [0.1, 0.15) is 36.6 Å². The first-order valence-corrected chi connectivity index (χ1v) is 22.5. The van der Waals surface area contributed by atoms with E-state index in [0.717, 1.165) is 38.5 Å². The van der Waals surface area contributed by atoms with Crippen LogP contribution >= 0.6 is 7.82 Å². The number of hydrogen-bond donors (Lipinski definition) is 9. The number of aliphatic hydroxyl groups excluding tert-OH is 7. The molecule has 1 aliphatic rings. The van der Waals surface area contributed by atoms with Gasteiger partial charge in [0, 0.05) is 0 Å². The number of unbranched alkanes of at least 4 members (excludes halogenated alkanes) is 16. The molecule has 0 bridgehead atoms. The van der Waals surface area contributed by atoms with Crippen LogP contribution in [0.3, 0.4) is 0 Å². The number of rotatable bonds is 33. The Morgan fingerprint density at radius 1 is 0.636 bits per heavy atom. The smallest absolute Gasteiger partial charge is 0.393 e. The number of amides is 1. The predicted octanol–water partition coefficient (Wildman–Crippen LogP) is 5.80. The second kappa shape index (κ2) is 31.5. The molecule has 8 unspecified atom stereocenters. The standard InChI is InChI=1S/C41H76NO12P/c1-3-5-7-9-11-13-15-16-17-19-21-23-25-27-29-34(44)33(31-53-55(51,52)54-41-39(49)37(47)36(46)38(48)40(41)50)42-35(45)30-32(43)28-26-24-22-20-18-14-12-10-8-6-4-2/h19-22,27,29,32-34,36-41,43-44,46-50H,3-18,23-26,28,30-31H2,1-2H3,(H,42,45)(H,51,52)/b21-19+,22-20-,29-27+. The number of allylic oxidation sites excluding steroid dienone is 5. The third-order valence-electron chi connectivity index (χ3n) is 9.95. The monoisotopic (exact) mass is 806 g/mol. The van der Waals surface area contributed by atoms with Crippen LogP contribution in [0, 0.1) is 0 Å². The van der Waals surface area contributed by atoms with Gasteiger partial charge in [-0.1, -0.05) is 127 Å². The van der Waals surface area contributed by atoms with Gasteiger partial charge >= 0.3 is 7.82 Å². The number of carbonyl (C=O) groups excluding carboxylic acids is 1. The van der Waals surface area contributed by atoms with E-state index in [9.17, 15) is 50.0 Å². The van der Waals surface area contributed by atoms with Crippen LogP contribution in [0.2, 0.25) is 0 Å². The van der Waals surface area contributed by atoms with E-state index in [1.54, 1.807) is 6.08 Å². The molecule has 0 aliphatic heterocycles. The summed E-state index contributed by atoms with van der Waals surface area (Å²) in [6.45, 7) is 3.66. The zero-order valence-corrected chi connectivity index (χ0v) is 34.5. The number of hydrogen-bond acceptors (Lipinski definition) is 11. The van der Waals surface area contributed by atoms with E-state index in [4.69, 9.17) is 9.05 Å². The molecule has 0 saturated heterocycles. The molecule has 0 spiro atoms. The van der Waals surface area contributed by atoms with Gasteiger partial charge < -0.3 is 46.0 Å². The van der Waals surface area contributed by atoms with Gasteiger partial charge in [0.25, 0.3) is 0 Å². The Labute approximate surface area is 330 Å². The van der Waals surface area contributed by atoms with Crippen molar-refractivity contribution in [2.75, 3.05) is 6.61 Å². The van der Waals surface area contributed by atoms with E-state index >= 15 is 0 Å². The molecule has 0 aromatic heterocycles. The Balaban J connectivity index is 2.67. The van der Waals surface area contributed by atoms with Gasteiger partial charge in [-0.2, -0.15) is 0 Å². The number of phosphoric ester groups is 1. The summed E-state index contributed by atoms with van der Waals surface area (Å²) >= 11 is 0. The van der Waals surface area contributed by atoms with Gasteiger partial charge in [0.2, 0.25) is 5.91 Å². The molecule has 1 saturated carbocycles. The summed E-state index contributed by atoms with van der Waals surface area (Å²) in [7, 11) is -5.15. The van der Waals surface area contributed by atoms with Crippen LogP contribution in [0.25, 0.3) is 0 Å². The maximum atomic E-state index is 12.9. The van der Waals surface area contributed by atoms with Crippen LogP contribution in [0.5, 0.6) is 0 Å². The molecule has 1 rings (SSSR count). The van der Waals surface area contributed by atoms with Crippen LogP contribution in [-0.4, -0.2) is 108 Å². The fraction of sp³-hybridized carbons (Fsp3) is 0.829. The van der Waals surface area contributed by atoms with Crippen molar-refractivity contribution in [1.29, 1.82) is 0 Å². The predicted molar refractivity (Wildman–Crippen MR) is 215 cm³/mol. The number of phosphoric acid groups is 1. The van der Waals surface area contributed by atoms with Crippen molar-refractivity contribution in [2.24, 2.45) is 0 Å². The van der Waals surface area contributed by atoms with Crippen LogP contribution < -0.4 is 5.32 Å². The molecule has 1 aliphatic carbocycles. The number of aliphatic hydroxyl groups is 7. The lowest BCUT2D eigenvalue weighted by atomic mass is 9.85. The highest BCUT2D eigenvalue weighted by Gasteiger charge is 2.51. The molecule has 8 atom stereocenters. The molecular formula is C41H76NO12P. The van der Waals surface area contributed by atoms with Gasteiger partial charge in [-0.3, -0.25) is 13.8 Å². The average molecular weight is 806 g/mol. The molecule has 0 heterocycles. The highest BCUT2D eigenvalue weighted by Crippen LogP contribution is 2.47. The minimum atomic E-state index is -5.15. The molecular weight excluding hydrogens is 729 g/mol. The van der Waals surface area contributed by atoms with E-state index in [0.29, 0.717) is 19.3 Å². The molecule has 322 valence electrons. The Kier molecular flexibility index (Phi) is 29.5. The fourth-order valence-corrected chi connectivity index (χ4v) is 7.40. The summed E-state index contributed by atoms with van der Waals surface area (Å²) in [5.41, 5.74) is 0. The first-order valence-electron chi connectivity index (χ1n) is 21.0. The van der Waals surface area contributed by atoms with Crippen LogP contribution in [0.15, 0.2) is 36.5 Å². The highest BCUT2D eigenvalue weighted by molar-refractivity contribution is 7.47. The van der Waals surface area contributed by atoms with Crippen molar-refractivity contribution in [2.45, 2.75) is 210 Å². The summed E-state index contributed by atoms with van der Waals surface area (Å²) < 4.78 is 22.7. The summed E-state index contributed by atoms with van der Waals surface area (Å²) in [4.78, 5) is 23.3. The lowest BCUT2D eigenvalue weighted by Crippen LogP contribution is -2.64. The Hall–Kier alpha value is -1.48. The van der Waals surface area contributed by atoms with Crippen LogP contribution in [0.4, 0.5) is 0 Å². The second-order valence-electron chi connectivity index (χ2n) is 15.0. The average Bonchev–Trinajstić information content (AvgIpc) is 3.15. The Bertz CT molecular complexity index is 1090. The van der Waals surface area contributed by atoms with E-state index in [2.05, 4.69) is 43.5 Å². The molecule has 0 radical (unpaired) electrons. The molecule has 0 aromatic rings. The van der Waals surface area contributed by atoms with Gasteiger partial charge in [0.05, 0.1) is 31.3 Å². The lowest BCUT2D eigenvalue weighted by molar-refractivity contribution is -0.220.